The number of methoxy groups -OCH3 is 1. The van der Waals surface area contributed by atoms with Crippen molar-refractivity contribution in [1.82, 2.24) is 5.32 Å². The van der Waals surface area contributed by atoms with Crippen LogP contribution in [0.2, 0.25) is 0 Å². The van der Waals surface area contributed by atoms with Gasteiger partial charge < -0.3 is 14.8 Å². The molecular formula is C16H20N2O3. The SMILES string of the molecule is COc1cccc(OC(C)CNC(=O)C2(C#N)CCC2)c1. The molecule has 0 spiro atoms. The second-order valence-electron chi connectivity index (χ2n) is 5.36. The molecule has 2 rings (SSSR count). The number of hydrogen-bond acceptors (Lipinski definition) is 4. The van der Waals surface area contributed by atoms with Gasteiger partial charge in [0.1, 0.15) is 23.0 Å². The Morgan fingerprint density at radius 2 is 2.19 bits per heavy atom. The molecule has 1 amide bonds. The van der Waals surface area contributed by atoms with Crippen molar-refractivity contribution in [2.24, 2.45) is 5.41 Å². The first-order chi connectivity index (χ1) is 10.1. The molecule has 0 radical (unpaired) electrons. The number of hydrogen-bond donors (Lipinski definition) is 1. The highest BCUT2D eigenvalue weighted by molar-refractivity contribution is 5.86. The van der Waals surface area contributed by atoms with Gasteiger partial charge in [-0.15, -0.1) is 0 Å². The number of carbonyl (C=O) groups excluding carboxylic acids is 1. The van der Waals surface area contributed by atoms with E-state index in [1.807, 2.05) is 25.1 Å². The summed E-state index contributed by atoms with van der Waals surface area (Å²) in [7, 11) is 1.60. The van der Waals surface area contributed by atoms with Crippen molar-refractivity contribution in [3.63, 3.8) is 0 Å². The fourth-order valence-corrected chi connectivity index (χ4v) is 2.27. The van der Waals surface area contributed by atoms with Crippen molar-refractivity contribution >= 4 is 5.91 Å². The molecule has 1 aliphatic rings. The van der Waals surface area contributed by atoms with Crippen molar-refractivity contribution in [3.8, 4) is 17.6 Å². The van der Waals surface area contributed by atoms with Crippen molar-refractivity contribution in [2.45, 2.75) is 32.3 Å². The first-order valence-electron chi connectivity index (χ1n) is 7.10. The molecule has 1 saturated carbocycles. The van der Waals surface area contributed by atoms with Gasteiger partial charge in [0.05, 0.1) is 19.7 Å². The van der Waals surface area contributed by atoms with E-state index in [9.17, 15) is 4.79 Å². The topological polar surface area (TPSA) is 71.3 Å². The van der Waals surface area contributed by atoms with Gasteiger partial charge in [0, 0.05) is 6.07 Å². The van der Waals surface area contributed by atoms with Gasteiger partial charge in [-0.25, -0.2) is 0 Å². The highest BCUT2D eigenvalue weighted by Crippen LogP contribution is 2.40. The maximum atomic E-state index is 12.0. The monoisotopic (exact) mass is 288 g/mol. The largest absolute Gasteiger partial charge is 0.497 e. The molecule has 0 aliphatic heterocycles. The Labute approximate surface area is 124 Å². The Morgan fingerprint density at radius 3 is 2.76 bits per heavy atom. The van der Waals surface area contributed by atoms with Crippen LogP contribution in [-0.4, -0.2) is 25.7 Å². The molecule has 1 aliphatic carbocycles. The fourth-order valence-electron chi connectivity index (χ4n) is 2.27. The molecule has 1 N–H and O–H groups in total. The molecule has 1 atom stereocenters. The van der Waals surface area contributed by atoms with Gasteiger partial charge in [-0.1, -0.05) is 6.07 Å². The maximum Gasteiger partial charge on any atom is 0.240 e. The maximum absolute atomic E-state index is 12.0. The standard InChI is InChI=1S/C16H20N2O3/c1-12(21-14-6-3-5-13(9-14)20-2)10-18-15(19)16(11-17)7-4-8-16/h3,5-6,9,12H,4,7-8,10H2,1-2H3,(H,18,19). The molecule has 1 aromatic rings. The van der Waals surface area contributed by atoms with Crippen LogP contribution in [0, 0.1) is 16.7 Å². The van der Waals surface area contributed by atoms with Gasteiger partial charge in [-0.05, 0) is 38.3 Å². The molecule has 5 heteroatoms. The van der Waals surface area contributed by atoms with E-state index in [1.54, 1.807) is 13.2 Å². The molecule has 112 valence electrons. The summed E-state index contributed by atoms with van der Waals surface area (Å²) in [5.74, 6) is 1.23. The second-order valence-corrected chi connectivity index (χ2v) is 5.36. The average molecular weight is 288 g/mol. The van der Waals surface area contributed by atoms with Crippen LogP contribution >= 0.6 is 0 Å². The second kappa shape index (κ2) is 6.49. The van der Waals surface area contributed by atoms with E-state index >= 15 is 0 Å². The lowest BCUT2D eigenvalue weighted by Crippen LogP contribution is -2.47. The van der Waals surface area contributed by atoms with E-state index in [-0.39, 0.29) is 12.0 Å². The molecule has 1 fully saturated rings. The Bertz CT molecular complexity index is 547. The van der Waals surface area contributed by atoms with Gasteiger partial charge in [-0.2, -0.15) is 5.26 Å². The lowest BCUT2D eigenvalue weighted by molar-refractivity contribution is -0.132. The third-order valence-electron chi connectivity index (χ3n) is 3.78. The molecular weight excluding hydrogens is 268 g/mol. The third-order valence-corrected chi connectivity index (χ3v) is 3.78. The summed E-state index contributed by atoms with van der Waals surface area (Å²) >= 11 is 0. The highest BCUT2D eigenvalue weighted by Gasteiger charge is 2.44. The summed E-state index contributed by atoms with van der Waals surface area (Å²) in [6.45, 7) is 2.25. The van der Waals surface area contributed by atoms with E-state index in [2.05, 4.69) is 11.4 Å². The van der Waals surface area contributed by atoms with Crippen molar-refractivity contribution in [1.29, 1.82) is 5.26 Å². The molecule has 1 unspecified atom stereocenters. The molecule has 5 nitrogen and oxygen atoms in total. The van der Waals surface area contributed by atoms with Crippen LogP contribution < -0.4 is 14.8 Å². The number of nitrogens with zero attached hydrogens (tertiary/aromatic N) is 1. The lowest BCUT2D eigenvalue weighted by atomic mass is 9.69. The van der Waals surface area contributed by atoms with Crippen LogP contribution in [0.5, 0.6) is 11.5 Å². The van der Waals surface area contributed by atoms with Gasteiger partial charge in [0.25, 0.3) is 0 Å². The van der Waals surface area contributed by atoms with Gasteiger partial charge in [0.15, 0.2) is 0 Å². The number of ether oxygens (including phenoxy) is 2. The molecule has 1 aromatic carbocycles. The lowest BCUT2D eigenvalue weighted by Gasteiger charge is -2.33. The van der Waals surface area contributed by atoms with E-state index in [1.165, 1.54) is 0 Å². The van der Waals surface area contributed by atoms with E-state index in [0.717, 1.165) is 12.2 Å². The zero-order valence-corrected chi connectivity index (χ0v) is 12.4. The van der Waals surface area contributed by atoms with Crippen LogP contribution in [0.1, 0.15) is 26.2 Å². The fraction of sp³-hybridized carbons (Fsp3) is 0.500. The van der Waals surface area contributed by atoms with Crippen LogP contribution in [0.15, 0.2) is 24.3 Å². The summed E-state index contributed by atoms with van der Waals surface area (Å²) in [4.78, 5) is 12.0. The molecule has 0 heterocycles. The van der Waals surface area contributed by atoms with Crippen LogP contribution in [0.4, 0.5) is 0 Å². The van der Waals surface area contributed by atoms with Gasteiger partial charge in [0.2, 0.25) is 5.91 Å². The molecule has 0 bridgehead atoms. The predicted molar refractivity (Wildman–Crippen MR) is 78.0 cm³/mol. The van der Waals surface area contributed by atoms with Crippen LogP contribution in [0.25, 0.3) is 0 Å². The summed E-state index contributed by atoms with van der Waals surface area (Å²) in [6, 6.07) is 9.45. The first-order valence-corrected chi connectivity index (χ1v) is 7.10. The van der Waals surface area contributed by atoms with Crippen molar-refractivity contribution in [3.05, 3.63) is 24.3 Å². The van der Waals surface area contributed by atoms with E-state index < -0.39 is 5.41 Å². The normalized spacial score (nSPS) is 17.0. The highest BCUT2D eigenvalue weighted by atomic mass is 16.5. The number of rotatable bonds is 6. The van der Waals surface area contributed by atoms with E-state index in [4.69, 9.17) is 14.7 Å². The van der Waals surface area contributed by atoms with E-state index in [0.29, 0.717) is 25.1 Å². The average Bonchev–Trinajstić information content (AvgIpc) is 2.45. The zero-order valence-electron chi connectivity index (χ0n) is 12.4. The van der Waals surface area contributed by atoms with Gasteiger partial charge in [-0.3, -0.25) is 4.79 Å². The minimum Gasteiger partial charge on any atom is -0.497 e. The minimum atomic E-state index is -0.810. The summed E-state index contributed by atoms with van der Waals surface area (Å²) in [5, 5.41) is 11.9. The minimum absolute atomic E-state index is 0.183. The number of carbonyl (C=O) groups is 1. The number of amides is 1. The molecule has 0 aromatic heterocycles. The van der Waals surface area contributed by atoms with Gasteiger partial charge >= 0.3 is 0 Å². The van der Waals surface area contributed by atoms with Crippen LogP contribution in [0.3, 0.4) is 0 Å². The molecule has 21 heavy (non-hydrogen) atoms. The smallest absolute Gasteiger partial charge is 0.240 e. The third kappa shape index (κ3) is 3.46. The van der Waals surface area contributed by atoms with Crippen LogP contribution in [-0.2, 0) is 4.79 Å². The number of nitrogens with one attached hydrogen (secondary N) is 1. The Balaban J connectivity index is 1.83. The summed E-state index contributed by atoms with van der Waals surface area (Å²) in [6.07, 6.45) is 2.06. The summed E-state index contributed by atoms with van der Waals surface area (Å²) in [5.41, 5.74) is -0.810. The number of nitriles is 1. The quantitative estimate of drug-likeness (QED) is 0.871. The zero-order chi connectivity index (χ0) is 15.3. The Morgan fingerprint density at radius 1 is 1.48 bits per heavy atom. The Hall–Kier alpha value is -2.22. The first kappa shape index (κ1) is 15.2. The molecule has 0 saturated heterocycles. The van der Waals surface area contributed by atoms with Crippen molar-refractivity contribution in [2.75, 3.05) is 13.7 Å². The van der Waals surface area contributed by atoms with Crippen molar-refractivity contribution < 1.29 is 14.3 Å². The predicted octanol–water partition coefficient (Wildman–Crippen LogP) is 2.27. The number of benzene rings is 1. The summed E-state index contributed by atoms with van der Waals surface area (Å²) < 4.78 is 10.9. The Kier molecular flexibility index (Phi) is 4.69.